The highest BCUT2D eigenvalue weighted by molar-refractivity contribution is 8.11. The molecule has 0 saturated heterocycles. The van der Waals surface area contributed by atoms with Crippen LogP contribution in [-0.4, -0.2) is 4.32 Å². The number of fused-ring (bicyclic) bond motifs is 2. The zero-order valence-corrected chi connectivity index (χ0v) is 11.3. The van der Waals surface area contributed by atoms with E-state index in [0.29, 0.717) is 4.32 Å². The molecule has 0 aliphatic rings. The molecule has 18 heavy (non-hydrogen) atoms. The van der Waals surface area contributed by atoms with Crippen molar-refractivity contribution in [1.82, 2.24) is 0 Å². The van der Waals surface area contributed by atoms with Crippen molar-refractivity contribution in [2.75, 3.05) is 5.32 Å². The molecule has 1 nitrogen and oxygen atoms in total. The monoisotopic (exact) mass is 269 g/mol. The molecule has 88 valence electrons. The summed E-state index contributed by atoms with van der Waals surface area (Å²) in [6, 6.07) is 19.0. The van der Waals surface area contributed by atoms with Crippen molar-refractivity contribution < 1.29 is 0 Å². The maximum absolute atomic E-state index is 4.93. The van der Waals surface area contributed by atoms with E-state index in [1.165, 1.54) is 21.5 Å². The zero-order chi connectivity index (χ0) is 12.5. The van der Waals surface area contributed by atoms with Crippen LogP contribution in [0.5, 0.6) is 0 Å². The highest BCUT2D eigenvalue weighted by Gasteiger charge is 2.00. The second-order valence-electron chi connectivity index (χ2n) is 4.19. The highest BCUT2D eigenvalue weighted by Crippen LogP contribution is 2.25. The molecule has 3 heteroatoms. The summed E-state index contributed by atoms with van der Waals surface area (Å²) in [7, 11) is 0. The number of benzene rings is 3. The topological polar surface area (TPSA) is 12.0 Å². The van der Waals surface area contributed by atoms with Gasteiger partial charge in [-0.05, 0) is 45.8 Å². The smallest absolute Gasteiger partial charge is 0.135 e. The molecule has 0 aliphatic heterocycles. The molecule has 3 aromatic rings. The first kappa shape index (κ1) is 11.5. The van der Waals surface area contributed by atoms with E-state index in [1.807, 2.05) is 6.07 Å². The molecule has 0 atom stereocenters. The van der Waals surface area contributed by atoms with Gasteiger partial charge in [-0.2, -0.15) is 0 Å². The van der Waals surface area contributed by atoms with Gasteiger partial charge in [0, 0.05) is 5.69 Å². The van der Waals surface area contributed by atoms with E-state index >= 15 is 0 Å². The summed E-state index contributed by atoms with van der Waals surface area (Å²) in [5, 5.41) is 7.97. The maximum Gasteiger partial charge on any atom is 0.135 e. The summed E-state index contributed by atoms with van der Waals surface area (Å²) in [5.74, 6) is 0. The molecule has 0 aliphatic carbocycles. The standard InChI is InChI=1S/C15H11NS2/c17-15(18)16-14-6-5-12-7-10-3-1-2-4-11(10)8-13(12)9-14/h1-9H,(H2,16,17,18). The van der Waals surface area contributed by atoms with Gasteiger partial charge in [-0.3, -0.25) is 0 Å². The van der Waals surface area contributed by atoms with Gasteiger partial charge in [0.25, 0.3) is 0 Å². The average Bonchev–Trinajstić information content (AvgIpc) is 2.35. The van der Waals surface area contributed by atoms with Crippen LogP contribution in [0.15, 0.2) is 54.6 Å². The minimum Gasteiger partial charge on any atom is -0.341 e. The van der Waals surface area contributed by atoms with Gasteiger partial charge in [0.15, 0.2) is 0 Å². The normalized spacial score (nSPS) is 10.7. The third-order valence-corrected chi connectivity index (χ3v) is 3.17. The molecule has 0 radical (unpaired) electrons. The zero-order valence-electron chi connectivity index (χ0n) is 9.55. The molecule has 0 saturated carbocycles. The van der Waals surface area contributed by atoms with Crippen LogP contribution in [0.1, 0.15) is 0 Å². The number of thiol groups is 1. The number of thiocarbonyl (C=S) groups is 1. The predicted molar refractivity (Wildman–Crippen MR) is 86.7 cm³/mol. The average molecular weight is 269 g/mol. The molecule has 1 N–H and O–H groups in total. The second kappa shape index (κ2) is 4.59. The summed E-state index contributed by atoms with van der Waals surface area (Å²) in [6.45, 7) is 0. The van der Waals surface area contributed by atoms with Crippen molar-refractivity contribution in [1.29, 1.82) is 0 Å². The Morgan fingerprint density at radius 2 is 1.44 bits per heavy atom. The van der Waals surface area contributed by atoms with Crippen LogP contribution in [-0.2, 0) is 0 Å². The molecule has 0 fully saturated rings. The molecule has 0 unspecified atom stereocenters. The largest absolute Gasteiger partial charge is 0.341 e. The van der Waals surface area contributed by atoms with E-state index < -0.39 is 0 Å². The lowest BCUT2D eigenvalue weighted by Gasteiger charge is -2.06. The van der Waals surface area contributed by atoms with E-state index in [-0.39, 0.29) is 0 Å². The minimum atomic E-state index is 0.482. The lowest BCUT2D eigenvalue weighted by Crippen LogP contribution is -2.00. The molecule has 0 bridgehead atoms. The van der Waals surface area contributed by atoms with Gasteiger partial charge in [-0.25, -0.2) is 0 Å². The Morgan fingerprint density at radius 1 is 0.833 bits per heavy atom. The third kappa shape index (κ3) is 2.19. The highest BCUT2D eigenvalue weighted by atomic mass is 32.1. The minimum absolute atomic E-state index is 0.482. The van der Waals surface area contributed by atoms with Gasteiger partial charge in [0.1, 0.15) is 4.32 Å². The number of rotatable bonds is 1. The van der Waals surface area contributed by atoms with Crippen LogP contribution < -0.4 is 5.32 Å². The van der Waals surface area contributed by atoms with Crippen LogP contribution >= 0.6 is 24.8 Å². The van der Waals surface area contributed by atoms with Crippen molar-refractivity contribution in [3.8, 4) is 0 Å². The van der Waals surface area contributed by atoms with Crippen molar-refractivity contribution in [2.24, 2.45) is 0 Å². The Balaban J connectivity index is 2.20. The van der Waals surface area contributed by atoms with Crippen molar-refractivity contribution >= 4 is 56.4 Å². The first-order valence-electron chi connectivity index (χ1n) is 5.65. The van der Waals surface area contributed by atoms with E-state index in [0.717, 1.165) is 5.69 Å². The molecule has 3 aromatic carbocycles. The molecule has 0 amide bonds. The first-order chi connectivity index (χ1) is 8.72. The summed E-state index contributed by atoms with van der Waals surface area (Å²) in [6.07, 6.45) is 0. The second-order valence-corrected chi connectivity index (χ2v) is 5.35. The number of nitrogens with one attached hydrogen (secondary N) is 1. The van der Waals surface area contributed by atoms with Crippen LogP contribution in [0, 0.1) is 0 Å². The first-order valence-corrected chi connectivity index (χ1v) is 6.50. The molecular weight excluding hydrogens is 258 g/mol. The molecule has 0 aromatic heterocycles. The fourth-order valence-corrected chi connectivity index (χ4v) is 2.39. The lowest BCUT2D eigenvalue weighted by atomic mass is 10.0. The number of hydrogen-bond donors (Lipinski definition) is 2. The van der Waals surface area contributed by atoms with E-state index in [9.17, 15) is 0 Å². The summed E-state index contributed by atoms with van der Waals surface area (Å²) < 4.78 is 0.482. The maximum atomic E-state index is 4.93. The third-order valence-electron chi connectivity index (χ3n) is 2.96. The Kier molecular flexibility index (Phi) is 2.94. The van der Waals surface area contributed by atoms with Crippen molar-refractivity contribution in [3.63, 3.8) is 0 Å². The van der Waals surface area contributed by atoms with Crippen LogP contribution in [0.3, 0.4) is 0 Å². The fraction of sp³-hybridized carbons (Fsp3) is 0. The SMILES string of the molecule is S=C(S)Nc1ccc2cc3ccccc3cc2c1. The summed E-state index contributed by atoms with van der Waals surface area (Å²) in [4.78, 5) is 0. The summed E-state index contributed by atoms with van der Waals surface area (Å²) >= 11 is 9.01. The van der Waals surface area contributed by atoms with E-state index in [4.69, 9.17) is 12.2 Å². The molecule has 0 spiro atoms. The van der Waals surface area contributed by atoms with Crippen LogP contribution in [0.25, 0.3) is 21.5 Å². The molecular formula is C15H11NS2. The number of anilines is 1. The fourth-order valence-electron chi connectivity index (χ4n) is 2.14. The Labute approximate surface area is 116 Å². The van der Waals surface area contributed by atoms with E-state index in [1.54, 1.807) is 0 Å². The summed E-state index contributed by atoms with van der Waals surface area (Å²) in [5.41, 5.74) is 0.970. The van der Waals surface area contributed by atoms with Gasteiger partial charge >= 0.3 is 0 Å². The molecule has 0 heterocycles. The van der Waals surface area contributed by atoms with Crippen LogP contribution in [0.2, 0.25) is 0 Å². The molecule has 3 rings (SSSR count). The van der Waals surface area contributed by atoms with Gasteiger partial charge < -0.3 is 5.32 Å². The lowest BCUT2D eigenvalue weighted by molar-refractivity contribution is 1.72. The predicted octanol–water partition coefficient (Wildman–Crippen LogP) is 4.62. The van der Waals surface area contributed by atoms with Gasteiger partial charge in [0.2, 0.25) is 0 Å². The van der Waals surface area contributed by atoms with Gasteiger partial charge in [0.05, 0.1) is 0 Å². The Hall–Kier alpha value is -1.58. The Bertz CT molecular complexity index is 750. The number of hydrogen-bond acceptors (Lipinski definition) is 1. The Morgan fingerprint density at radius 3 is 2.11 bits per heavy atom. The van der Waals surface area contributed by atoms with Gasteiger partial charge in [-0.1, -0.05) is 42.5 Å². The van der Waals surface area contributed by atoms with Crippen molar-refractivity contribution in [3.05, 3.63) is 54.6 Å². The quantitative estimate of drug-likeness (QED) is 0.380. The van der Waals surface area contributed by atoms with Gasteiger partial charge in [-0.15, -0.1) is 12.6 Å². The van der Waals surface area contributed by atoms with Crippen molar-refractivity contribution in [2.45, 2.75) is 0 Å². The van der Waals surface area contributed by atoms with Crippen LogP contribution in [0.4, 0.5) is 5.69 Å². The van der Waals surface area contributed by atoms with E-state index in [2.05, 4.69) is 66.5 Å².